The van der Waals surface area contributed by atoms with Crippen molar-refractivity contribution in [2.75, 3.05) is 6.54 Å². The lowest BCUT2D eigenvalue weighted by molar-refractivity contribution is -0.142. The predicted octanol–water partition coefficient (Wildman–Crippen LogP) is 3.63. The summed E-state index contributed by atoms with van der Waals surface area (Å²) >= 11 is 0. The fourth-order valence-corrected chi connectivity index (χ4v) is 3.32. The predicted molar refractivity (Wildman–Crippen MR) is 86.8 cm³/mol. The van der Waals surface area contributed by atoms with Crippen LogP contribution in [0, 0.1) is 6.92 Å². The molecule has 0 saturated carbocycles. The SMILES string of the molecule is Cc1ccc(C(c2ccccc2)N2CCCC2C(=O)O)cc1. The van der Waals surface area contributed by atoms with Crippen LogP contribution in [0.1, 0.15) is 35.6 Å². The first-order valence-electron chi connectivity index (χ1n) is 7.77. The minimum atomic E-state index is -0.717. The molecular formula is C19H21NO2. The lowest BCUT2D eigenvalue weighted by Crippen LogP contribution is -2.39. The zero-order valence-corrected chi connectivity index (χ0v) is 12.8. The maximum Gasteiger partial charge on any atom is 0.320 e. The van der Waals surface area contributed by atoms with Crippen LogP contribution in [0.15, 0.2) is 54.6 Å². The number of hydrogen-bond acceptors (Lipinski definition) is 2. The number of carboxylic acid groups (broad SMARTS) is 1. The van der Waals surface area contributed by atoms with Gasteiger partial charge in [0.05, 0.1) is 6.04 Å². The second-order valence-corrected chi connectivity index (χ2v) is 5.96. The first-order chi connectivity index (χ1) is 10.7. The highest BCUT2D eigenvalue weighted by Crippen LogP contribution is 2.34. The van der Waals surface area contributed by atoms with E-state index in [1.54, 1.807) is 0 Å². The number of nitrogens with zero attached hydrogens (tertiary/aromatic N) is 1. The number of benzene rings is 2. The Balaban J connectivity index is 2.03. The third-order valence-corrected chi connectivity index (χ3v) is 4.42. The molecule has 114 valence electrons. The highest BCUT2D eigenvalue weighted by molar-refractivity contribution is 5.74. The monoisotopic (exact) mass is 295 g/mol. The summed E-state index contributed by atoms with van der Waals surface area (Å²) in [5.41, 5.74) is 3.52. The summed E-state index contributed by atoms with van der Waals surface area (Å²) in [4.78, 5) is 13.7. The molecule has 3 rings (SSSR count). The van der Waals surface area contributed by atoms with Crippen molar-refractivity contribution in [3.05, 3.63) is 71.3 Å². The van der Waals surface area contributed by atoms with E-state index in [2.05, 4.69) is 48.2 Å². The Morgan fingerprint density at radius 1 is 1.09 bits per heavy atom. The first kappa shape index (κ1) is 14.8. The van der Waals surface area contributed by atoms with Gasteiger partial charge in [-0.15, -0.1) is 0 Å². The van der Waals surface area contributed by atoms with Gasteiger partial charge in [-0.05, 0) is 30.9 Å². The van der Waals surface area contributed by atoms with Gasteiger partial charge in [-0.25, -0.2) is 0 Å². The second kappa shape index (κ2) is 6.32. The summed E-state index contributed by atoms with van der Waals surface area (Å²) in [6.07, 6.45) is 1.66. The van der Waals surface area contributed by atoms with Crippen LogP contribution in [-0.2, 0) is 4.79 Å². The van der Waals surface area contributed by atoms with Crippen molar-refractivity contribution in [2.45, 2.75) is 31.8 Å². The van der Waals surface area contributed by atoms with Gasteiger partial charge in [0.25, 0.3) is 0 Å². The minimum absolute atomic E-state index is 0.00500. The molecule has 2 aromatic carbocycles. The van der Waals surface area contributed by atoms with Crippen LogP contribution in [0.3, 0.4) is 0 Å². The van der Waals surface area contributed by atoms with Gasteiger partial charge in [-0.1, -0.05) is 60.2 Å². The van der Waals surface area contributed by atoms with E-state index in [0.29, 0.717) is 0 Å². The topological polar surface area (TPSA) is 40.5 Å². The van der Waals surface area contributed by atoms with Gasteiger partial charge in [0.15, 0.2) is 0 Å². The summed E-state index contributed by atoms with van der Waals surface area (Å²) in [7, 11) is 0. The zero-order valence-electron chi connectivity index (χ0n) is 12.8. The van der Waals surface area contributed by atoms with Crippen molar-refractivity contribution in [3.63, 3.8) is 0 Å². The van der Waals surface area contributed by atoms with E-state index < -0.39 is 12.0 Å². The molecule has 2 atom stereocenters. The van der Waals surface area contributed by atoms with Gasteiger partial charge in [-0.3, -0.25) is 9.69 Å². The van der Waals surface area contributed by atoms with Gasteiger partial charge in [0.2, 0.25) is 0 Å². The van der Waals surface area contributed by atoms with Crippen molar-refractivity contribution in [1.82, 2.24) is 4.90 Å². The number of carbonyl (C=O) groups is 1. The third kappa shape index (κ3) is 2.90. The normalized spacial score (nSPS) is 20.0. The summed E-state index contributed by atoms with van der Waals surface area (Å²) < 4.78 is 0. The van der Waals surface area contributed by atoms with E-state index in [0.717, 1.165) is 30.5 Å². The van der Waals surface area contributed by atoms with E-state index in [4.69, 9.17) is 0 Å². The summed E-state index contributed by atoms with van der Waals surface area (Å²) in [5.74, 6) is -0.717. The van der Waals surface area contributed by atoms with Crippen LogP contribution < -0.4 is 0 Å². The lowest BCUT2D eigenvalue weighted by Gasteiger charge is -2.32. The molecule has 3 heteroatoms. The van der Waals surface area contributed by atoms with Crippen LogP contribution in [0.4, 0.5) is 0 Å². The molecule has 1 aliphatic rings. The zero-order chi connectivity index (χ0) is 15.5. The number of aliphatic carboxylic acids is 1. The van der Waals surface area contributed by atoms with E-state index in [1.165, 1.54) is 5.56 Å². The molecule has 2 aromatic rings. The lowest BCUT2D eigenvalue weighted by atomic mass is 9.95. The quantitative estimate of drug-likeness (QED) is 0.936. The Bertz CT molecular complexity index is 636. The smallest absolute Gasteiger partial charge is 0.320 e. The van der Waals surface area contributed by atoms with Gasteiger partial charge in [0, 0.05) is 6.54 Å². The molecule has 1 heterocycles. The first-order valence-corrected chi connectivity index (χ1v) is 7.77. The van der Waals surface area contributed by atoms with E-state index in [1.807, 2.05) is 18.2 Å². The minimum Gasteiger partial charge on any atom is -0.480 e. The highest BCUT2D eigenvalue weighted by atomic mass is 16.4. The molecule has 0 radical (unpaired) electrons. The van der Waals surface area contributed by atoms with Crippen LogP contribution in [0.25, 0.3) is 0 Å². The fraction of sp³-hybridized carbons (Fsp3) is 0.316. The summed E-state index contributed by atoms with van der Waals surface area (Å²) in [6.45, 7) is 2.89. The molecule has 1 aliphatic heterocycles. The molecule has 0 aliphatic carbocycles. The maximum absolute atomic E-state index is 11.6. The fourth-order valence-electron chi connectivity index (χ4n) is 3.32. The molecule has 0 amide bonds. The Morgan fingerprint density at radius 2 is 1.73 bits per heavy atom. The standard InChI is InChI=1S/C19H21NO2/c1-14-9-11-16(12-10-14)18(15-6-3-2-4-7-15)20-13-5-8-17(20)19(21)22/h2-4,6-7,9-12,17-18H,5,8,13H2,1H3,(H,21,22). The number of aryl methyl sites for hydroxylation is 1. The largest absolute Gasteiger partial charge is 0.480 e. The second-order valence-electron chi connectivity index (χ2n) is 5.96. The van der Waals surface area contributed by atoms with Crippen molar-refractivity contribution in [1.29, 1.82) is 0 Å². The van der Waals surface area contributed by atoms with E-state index >= 15 is 0 Å². The molecule has 1 saturated heterocycles. The Kier molecular flexibility index (Phi) is 4.25. The molecular weight excluding hydrogens is 274 g/mol. The molecule has 1 N–H and O–H groups in total. The summed E-state index contributed by atoms with van der Waals surface area (Å²) in [5, 5.41) is 9.53. The van der Waals surface area contributed by atoms with Crippen LogP contribution >= 0.6 is 0 Å². The summed E-state index contributed by atoms with van der Waals surface area (Å²) in [6, 6.07) is 18.2. The van der Waals surface area contributed by atoms with Crippen LogP contribution in [0.2, 0.25) is 0 Å². The average Bonchev–Trinajstić information content (AvgIpc) is 3.00. The molecule has 22 heavy (non-hydrogen) atoms. The van der Waals surface area contributed by atoms with E-state index in [-0.39, 0.29) is 6.04 Å². The number of likely N-dealkylation sites (tertiary alicyclic amines) is 1. The van der Waals surface area contributed by atoms with Crippen molar-refractivity contribution in [2.24, 2.45) is 0 Å². The van der Waals surface area contributed by atoms with Crippen molar-refractivity contribution in [3.8, 4) is 0 Å². The van der Waals surface area contributed by atoms with Gasteiger partial charge < -0.3 is 5.11 Å². The Labute approximate surface area is 131 Å². The molecule has 0 bridgehead atoms. The van der Waals surface area contributed by atoms with Crippen LogP contribution in [0.5, 0.6) is 0 Å². The molecule has 3 nitrogen and oxygen atoms in total. The van der Waals surface area contributed by atoms with Crippen LogP contribution in [-0.4, -0.2) is 28.6 Å². The van der Waals surface area contributed by atoms with Crippen molar-refractivity contribution >= 4 is 5.97 Å². The number of hydrogen-bond donors (Lipinski definition) is 1. The number of carboxylic acids is 1. The van der Waals surface area contributed by atoms with Crippen molar-refractivity contribution < 1.29 is 9.90 Å². The van der Waals surface area contributed by atoms with Gasteiger partial charge >= 0.3 is 5.97 Å². The highest BCUT2D eigenvalue weighted by Gasteiger charge is 2.36. The molecule has 0 spiro atoms. The Morgan fingerprint density at radius 3 is 2.36 bits per heavy atom. The van der Waals surface area contributed by atoms with Gasteiger partial charge in [-0.2, -0.15) is 0 Å². The Hall–Kier alpha value is -2.13. The number of rotatable bonds is 4. The van der Waals surface area contributed by atoms with Gasteiger partial charge in [0.1, 0.15) is 6.04 Å². The molecule has 0 aromatic heterocycles. The van der Waals surface area contributed by atoms with E-state index in [9.17, 15) is 9.90 Å². The molecule has 2 unspecified atom stereocenters. The third-order valence-electron chi connectivity index (χ3n) is 4.42. The maximum atomic E-state index is 11.6. The molecule has 1 fully saturated rings. The average molecular weight is 295 g/mol.